The van der Waals surface area contributed by atoms with E-state index in [1.165, 1.54) is 37.9 Å². The van der Waals surface area contributed by atoms with Crippen molar-refractivity contribution >= 4 is 47.1 Å². The molecule has 0 spiro atoms. The third-order valence-electron chi connectivity index (χ3n) is 4.32. The van der Waals surface area contributed by atoms with Crippen molar-refractivity contribution in [3.8, 4) is 5.88 Å². The number of nitrogens with one attached hydrogen (secondary N) is 1. The quantitative estimate of drug-likeness (QED) is 0.0829. The normalized spacial score (nSPS) is 17.9. The average Bonchev–Trinajstić information content (AvgIpc) is 2.69. The van der Waals surface area contributed by atoms with Gasteiger partial charge in [-0.05, 0) is 29.1 Å². The molecule has 17 heteroatoms. The molecular formula is C17H23N4NaO10S2. The number of aliphatic carboxylic acids is 1. The molecule has 1 aromatic rings. The number of ketones is 1. The summed E-state index contributed by atoms with van der Waals surface area (Å²) < 4.78 is 4.86. The van der Waals surface area contributed by atoms with Crippen molar-refractivity contribution < 1.29 is 79.9 Å². The first-order valence-electron chi connectivity index (χ1n) is 8.67. The molecule has 1 fully saturated rings. The first kappa shape index (κ1) is 34.2. The summed E-state index contributed by atoms with van der Waals surface area (Å²) in [5.41, 5.74) is 0.158. The molecule has 7 N–H and O–H groups in total. The number of ether oxygens (including phenoxy) is 1. The van der Waals surface area contributed by atoms with Gasteiger partial charge in [0.05, 0.1) is 30.3 Å². The van der Waals surface area contributed by atoms with Crippen LogP contribution in [-0.4, -0.2) is 80.0 Å². The number of Topliss-reactive ketones (excluding diaryl/α,β-unsaturated/α-hetero) is 1. The molecule has 0 bridgehead atoms. The van der Waals surface area contributed by atoms with Crippen molar-refractivity contribution in [1.29, 1.82) is 0 Å². The molecule has 14 nitrogen and oxygen atoms in total. The zero-order valence-electron chi connectivity index (χ0n) is 18.4. The Morgan fingerprint density at radius 1 is 1.32 bits per heavy atom. The van der Waals surface area contributed by atoms with E-state index in [0.29, 0.717) is 10.4 Å². The minimum atomic E-state index is -1.51. The van der Waals surface area contributed by atoms with Crippen LogP contribution in [0.15, 0.2) is 28.4 Å². The van der Waals surface area contributed by atoms with E-state index in [4.69, 9.17) is 4.74 Å². The second kappa shape index (κ2) is 14.5. The molecule has 1 aromatic heterocycles. The number of rotatable bonds is 8. The van der Waals surface area contributed by atoms with Gasteiger partial charge in [-0.1, -0.05) is 0 Å². The van der Waals surface area contributed by atoms with E-state index in [1.807, 2.05) is 0 Å². The van der Waals surface area contributed by atoms with E-state index in [0.717, 1.165) is 16.7 Å². The SMILES string of the molecule is COc1ccc(SCC2=C(C(=O)[O-])N3C(=O)C(NC(=O)CC(C)=O)[C@@H]3SC2)[n+]([O-])n1.O.O.O.[Na+]. The number of hydrogen-bond acceptors (Lipinski definition) is 10. The molecule has 184 valence electrons. The molecule has 0 saturated carbocycles. The smallest absolute Gasteiger partial charge is 0.593 e. The second-order valence-electron chi connectivity index (χ2n) is 6.45. The molecule has 1 saturated heterocycles. The van der Waals surface area contributed by atoms with Crippen LogP contribution in [0.1, 0.15) is 13.3 Å². The summed E-state index contributed by atoms with van der Waals surface area (Å²) in [5.74, 6) is -2.49. The van der Waals surface area contributed by atoms with E-state index >= 15 is 0 Å². The molecule has 1 unspecified atom stereocenters. The van der Waals surface area contributed by atoms with Gasteiger partial charge in [-0.15, -0.1) is 11.8 Å². The second-order valence-corrected chi connectivity index (χ2v) is 8.55. The molecule has 0 radical (unpaired) electrons. The molecule has 0 aromatic carbocycles. The maximum atomic E-state index is 12.5. The molecule has 2 atom stereocenters. The molecule has 2 aliphatic rings. The Morgan fingerprint density at radius 3 is 2.50 bits per heavy atom. The van der Waals surface area contributed by atoms with Crippen LogP contribution in [0.3, 0.4) is 0 Å². The van der Waals surface area contributed by atoms with E-state index < -0.39 is 29.2 Å². The van der Waals surface area contributed by atoms with Gasteiger partial charge in [0.1, 0.15) is 17.2 Å². The fourth-order valence-electron chi connectivity index (χ4n) is 2.99. The zero-order chi connectivity index (χ0) is 22.0. The standard InChI is InChI=1S/C17H18N4O7S2.Na.3H2O/c1-8(22)5-10(23)18-13-15(24)20-14(17(25)26)9(7-30-16(13)20)6-29-12-4-3-11(28-2)19-21(12)27;;;;/h3-4,13,16H,5-7H2,1-2H3,(H,18,23)(H,25,26);;3*1H2/q;+1;;;/p-1/t13?,16-;;;;/m0..../s1. The van der Waals surface area contributed by atoms with Gasteiger partial charge in [-0.25, -0.2) is 0 Å². The van der Waals surface area contributed by atoms with Crippen LogP contribution in [0.25, 0.3) is 0 Å². The molecule has 34 heavy (non-hydrogen) atoms. The fraction of sp³-hybridized carbons (Fsp3) is 0.412. The third-order valence-corrected chi connectivity index (χ3v) is 6.74. The number of amides is 2. The van der Waals surface area contributed by atoms with Crippen molar-refractivity contribution in [1.82, 2.24) is 15.3 Å². The van der Waals surface area contributed by atoms with Crippen molar-refractivity contribution in [2.45, 2.75) is 29.8 Å². The number of carboxylic acid groups (broad SMARTS) is 1. The van der Waals surface area contributed by atoms with Gasteiger partial charge < -0.3 is 41.6 Å². The van der Waals surface area contributed by atoms with E-state index in [2.05, 4.69) is 10.4 Å². The number of carboxylic acids is 1. The van der Waals surface area contributed by atoms with Crippen LogP contribution in [0.4, 0.5) is 0 Å². The van der Waals surface area contributed by atoms with Gasteiger partial charge in [0, 0.05) is 23.6 Å². The number of carbonyl (C=O) groups is 4. The predicted molar refractivity (Wildman–Crippen MR) is 114 cm³/mol. The minimum Gasteiger partial charge on any atom is -0.593 e. The number of hydrogen-bond donors (Lipinski definition) is 1. The number of methoxy groups -OCH3 is 1. The number of carbonyl (C=O) groups excluding carboxylic acids is 4. The largest absolute Gasteiger partial charge is 1.00 e. The van der Waals surface area contributed by atoms with Gasteiger partial charge in [0.15, 0.2) is 0 Å². The van der Waals surface area contributed by atoms with E-state index in [1.54, 1.807) is 0 Å². The molecule has 2 aliphatic heterocycles. The number of β-lactam (4-membered cyclic amide) rings is 1. The van der Waals surface area contributed by atoms with E-state index in [-0.39, 0.29) is 86.3 Å². The maximum Gasteiger partial charge on any atom is 1.00 e. The van der Waals surface area contributed by atoms with Crippen LogP contribution < -0.4 is 49.6 Å². The van der Waals surface area contributed by atoms with Crippen molar-refractivity contribution in [2.24, 2.45) is 0 Å². The summed E-state index contributed by atoms with van der Waals surface area (Å²) in [7, 11) is 1.38. The topological polar surface area (TPSA) is 250 Å². The first-order chi connectivity index (χ1) is 14.2. The Morgan fingerprint density at radius 2 is 1.97 bits per heavy atom. The number of nitrogens with zero attached hydrogens (tertiary/aromatic N) is 3. The van der Waals surface area contributed by atoms with Crippen molar-refractivity contribution in [2.75, 3.05) is 18.6 Å². The zero-order valence-corrected chi connectivity index (χ0v) is 22.1. The summed E-state index contributed by atoms with van der Waals surface area (Å²) in [6, 6.07) is 2.10. The Hall–Kier alpha value is -1.92. The molecule has 2 amide bonds. The fourth-order valence-corrected chi connectivity index (χ4v) is 5.34. The van der Waals surface area contributed by atoms with Crippen molar-refractivity contribution in [3.63, 3.8) is 0 Å². The summed E-state index contributed by atoms with van der Waals surface area (Å²) in [4.78, 5) is 48.5. The number of thioether (sulfide) groups is 2. The van der Waals surface area contributed by atoms with Crippen LogP contribution in [-0.2, 0) is 19.2 Å². The molecule has 3 heterocycles. The van der Waals surface area contributed by atoms with Crippen molar-refractivity contribution in [3.05, 3.63) is 28.6 Å². The van der Waals surface area contributed by atoms with Crippen LogP contribution in [0, 0.1) is 5.21 Å². The van der Waals surface area contributed by atoms with Gasteiger partial charge in [0.2, 0.25) is 5.91 Å². The number of fused-ring (bicyclic) bond motifs is 1. The minimum absolute atomic E-state index is 0. The molecular weight excluding hydrogens is 507 g/mol. The monoisotopic (exact) mass is 530 g/mol. The predicted octanol–water partition coefficient (Wildman–Crippen LogP) is -7.27. The Kier molecular flexibility index (Phi) is 14.6. The molecule has 3 rings (SSSR count). The van der Waals surface area contributed by atoms with E-state index in [9.17, 15) is 29.5 Å². The van der Waals surface area contributed by atoms with Gasteiger partial charge in [-0.3, -0.25) is 19.3 Å². The summed E-state index contributed by atoms with van der Waals surface area (Å²) in [6.07, 6.45) is -0.350. The number of aromatic nitrogens is 2. The third kappa shape index (κ3) is 7.29. The Balaban J connectivity index is 0. The van der Waals surface area contributed by atoms with Gasteiger partial charge in [-0.2, -0.15) is 0 Å². The Bertz CT molecular complexity index is 964. The van der Waals surface area contributed by atoms with Crippen LogP contribution in [0.5, 0.6) is 5.88 Å². The van der Waals surface area contributed by atoms with Crippen LogP contribution >= 0.6 is 23.5 Å². The Labute approximate surface area is 224 Å². The summed E-state index contributed by atoms with van der Waals surface area (Å²) in [6.45, 7) is 1.26. The maximum absolute atomic E-state index is 12.5. The summed E-state index contributed by atoms with van der Waals surface area (Å²) >= 11 is 2.35. The van der Waals surface area contributed by atoms with Crippen LogP contribution in [0.2, 0.25) is 0 Å². The average molecular weight is 531 g/mol. The molecule has 0 aliphatic carbocycles. The van der Waals surface area contributed by atoms with Gasteiger partial charge in [0.25, 0.3) is 16.8 Å². The summed E-state index contributed by atoms with van der Waals surface area (Å²) in [5, 5.41) is 29.4. The first-order valence-corrected chi connectivity index (χ1v) is 10.7. The van der Waals surface area contributed by atoms with Gasteiger partial charge >= 0.3 is 29.6 Å².